The van der Waals surface area contributed by atoms with E-state index in [1.165, 1.54) is 6.42 Å². The van der Waals surface area contributed by atoms with Gasteiger partial charge in [-0.05, 0) is 37.0 Å². The molecule has 6 heteroatoms. The van der Waals surface area contributed by atoms with Crippen molar-refractivity contribution in [3.05, 3.63) is 47.1 Å². The second kappa shape index (κ2) is 8.92. The van der Waals surface area contributed by atoms with Gasteiger partial charge in [-0.15, -0.1) is 0 Å². The highest BCUT2D eigenvalue weighted by molar-refractivity contribution is 6.29. The van der Waals surface area contributed by atoms with Crippen LogP contribution in [0.3, 0.4) is 0 Å². The van der Waals surface area contributed by atoms with Gasteiger partial charge in [0.2, 0.25) is 5.88 Å². The standard InChI is InChI=1S/C19H22ClNO4/c1-22-15-7-5-14(6-8-15)12-24-17-10-18(20)21-19(11-17)25-13-16-4-2-3-9-23-16/h5-8,10-11,16H,2-4,9,12-13H2,1H3. The molecular weight excluding hydrogens is 342 g/mol. The summed E-state index contributed by atoms with van der Waals surface area (Å²) in [6.45, 7) is 1.70. The smallest absolute Gasteiger partial charge is 0.218 e. The minimum Gasteiger partial charge on any atom is -0.497 e. The van der Waals surface area contributed by atoms with Crippen molar-refractivity contribution in [3.63, 3.8) is 0 Å². The zero-order valence-corrected chi connectivity index (χ0v) is 15.0. The molecule has 0 radical (unpaired) electrons. The number of methoxy groups -OCH3 is 1. The normalized spacial score (nSPS) is 17.1. The Bertz CT molecular complexity index is 672. The second-order valence-electron chi connectivity index (χ2n) is 5.90. The fourth-order valence-electron chi connectivity index (χ4n) is 2.61. The number of pyridine rings is 1. The minimum absolute atomic E-state index is 0.123. The molecule has 1 unspecified atom stereocenters. The summed E-state index contributed by atoms with van der Waals surface area (Å²) in [4.78, 5) is 4.19. The number of halogens is 1. The number of aromatic nitrogens is 1. The average molecular weight is 364 g/mol. The molecule has 0 N–H and O–H groups in total. The van der Waals surface area contributed by atoms with E-state index in [1.54, 1.807) is 19.2 Å². The number of rotatable bonds is 7. The number of hydrogen-bond acceptors (Lipinski definition) is 5. The number of benzene rings is 1. The van der Waals surface area contributed by atoms with Gasteiger partial charge in [0, 0.05) is 18.7 Å². The van der Waals surface area contributed by atoms with Gasteiger partial charge in [0.15, 0.2) is 0 Å². The van der Waals surface area contributed by atoms with E-state index in [2.05, 4.69) is 4.98 Å². The second-order valence-corrected chi connectivity index (χ2v) is 6.29. The van der Waals surface area contributed by atoms with Gasteiger partial charge in [0.25, 0.3) is 0 Å². The fourth-order valence-corrected chi connectivity index (χ4v) is 2.80. The zero-order chi connectivity index (χ0) is 17.5. The van der Waals surface area contributed by atoms with Crippen molar-refractivity contribution in [1.29, 1.82) is 0 Å². The van der Waals surface area contributed by atoms with E-state index in [-0.39, 0.29) is 6.10 Å². The molecule has 1 aromatic heterocycles. The lowest BCUT2D eigenvalue weighted by Crippen LogP contribution is -2.26. The maximum Gasteiger partial charge on any atom is 0.218 e. The van der Waals surface area contributed by atoms with E-state index in [0.717, 1.165) is 30.8 Å². The monoisotopic (exact) mass is 363 g/mol. The van der Waals surface area contributed by atoms with E-state index >= 15 is 0 Å². The van der Waals surface area contributed by atoms with Crippen molar-refractivity contribution in [1.82, 2.24) is 4.98 Å². The highest BCUT2D eigenvalue weighted by Crippen LogP contribution is 2.24. The Balaban J connectivity index is 1.56. The van der Waals surface area contributed by atoms with Crippen LogP contribution in [0.5, 0.6) is 17.4 Å². The lowest BCUT2D eigenvalue weighted by molar-refractivity contribution is -0.0119. The first-order valence-corrected chi connectivity index (χ1v) is 8.78. The maximum atomic E-state index is 6.07. The van der Waals surface area contributed by atoms with Crippen LogP contribution in [-0.2, 0) is 11.3 Å². The Morgan fingerprint density at radius 1 is 1.12 bits per heavy atom. The van der Waals surface area contributed by atoms with Crippen molar-refractivity contribution in [2.45, 2.75) is 32.0 Å². The van der Waals surface area contributed by atoms with Crippen molar-refractivity contribution < 1.29 is 18.9 Å². The molecule has 1 fully saturated rings. The van der Waals surface area contributed by atoms with Crippen LogP contribution in [0.2, 0.25) is 5.15 Å². The molecule has 1 aliphatic rings. The summed E-state index contributed by atoms with van der Waals surface area (Å²) in [5.41, 5.74) is 1.03. The number of nitrogens with zero attached hydrogens (tertiary/aromatic N) is 1. The van der Waals surface area contributed by atoms with Crippen LogP contribution in [0, 0.1) is 0 Å². The highest BCUT2D eigenvalue weighted by atomic mass is 35.5. The molecule has 0 amide bonds. The summed E-state index contributed by atoms with van der Waals surface area (Å²) in [5, 5.41) is 0.340. The minimum atomic E-state index is 0.123. The number of hydrogen-bond donors (Lipinski definition) is 0. The largest absolute Gasteiger partial charge is 0.497 e. The molecule has 1 saturated heterocycles. The van der Waals surface area contributed by atoms with Gasteiger partial charge in [0.1, 0.15) is 29.9 Å². The molecule has 25 heavy (non-hydrogen) atoms. The van der Waals surface area contributed by atoms with Crippen LogP contribution in [0.4, 0.5) is 0 Å². The van der Waals surface area contributed by atoms with Crippen LogP contribution in [-0.4, -0.2) is 31.4 Å². The molecule has 5 nitrogen and oxygen atoms in total. The van der Waals surface area contributed by atoms with E-state index < -0.39 is 0 Å². The van der Waals surface area contributed by atoms with Crippen LogP contribution in [0.15, 0.2) is 36.4 Å². The Hall–Kier alpha value is -1.98. The summed E-state index contributed by atoms with van der Waals surface area (Å²) in [6.07, 6.45) is 3.43. The quantitative estimate of drug-likeness (QED) is 0.687. The van der Waals surface area contributed by atoms with Gasteiger partial charge in [-0.1, -0.05) is 23.7 Å². The molecule has 1 aromatic carbocycles. The Labute approximate surface area is 152 Å². The summed E-state index contributed by atoms with van der Waals surface area (Å²) < 4.78 is 22.3. The summed E-state index contributed by atoms with van der Waals surface area (Å²) >= 11 is 6.07. The van der Waals surface area contributed by atoms with E-state index in [0.29, 0.717) is 30.0 Å². The highest BCUT2D eigenvalue weighted by Gasteiger charge is 2.15. The third-order valence-corrected chi connectivity index (χ3v) is 4.19. The van der Waals surface area contributed by atoms with Gasteiger partial charge >= 0.3 is 0 Å². The van der Waals surface area contributed by atoms with Crippen molar-refractivity contribution >= 4 is 11.6 Å². The average Bonchev–Trinajstić information content (AvgIpc) is 2.66. The van der Waals surface area contributed by atoms with Gasteiger partial charge in [0.05, 0.1) is 13.2 Å². The van der Waals surface area contributed by atoms with E-state index in [1.807, 2.05) is 24.3 Å². The first-order valence-electron chi connectivity index (χ1n) is 8.40. The topological polar surface area (TPSA) is 49.8 Å². The summed E-state index contributed by atoms with van der Waals surface area (Å²) in [7, 11) is 1.64. The van der Waals surface area contributed by atoms with E-state index in [9.17, 15) is 0 Å². The lowest BCUT2D eigenvalue weighted by atomic mass is 10.1. The van der Waals surface area contributed by atoms with Crippen molar-refractivity contribution in [2.24, 2.45) is 0 Å². The van der Waals surface area contributed by atoms with Crippen LogP contribution < -0.4 is 14.2 Å². The van der Waals surface area contributed by atoms with E-state index in [4.69, 9.17) is 30.5 Å². The Morgan fingerprint density at radius 2 is 1.96 bits per heavy atom. The van der Waals surface area contributed by atoms with Crippen LogP contribution >= 0.6 is 11.6 Å². The molecular formula is C19H22ClNO4. The van der Waals surface area contributed by atoms with Gasteiger partial charge in [-0.25, -0.2) is 4.98 Å². The summed E-state index contributed by atoms with van der Waals surface area (Å²) in [6, 6.07) is 11.1. The maximum absolute atomic E-state index is 6.07. The van der Waals surface area contributed by atoms with Crippen LogP contribution in [0.1, 0.15) is 24.8 Å². The molecule has 0 saturated carbocycles. The SMILES string of the molecule is COc1ccc(COc2cc(Cl)nc(OCC3CCCCO3)c2)cc1. The lowest BCUT2D eigenvalue weighted by Gasteiger charge is -2.22. The first-order chi connectivity index (χ1) is 12.2. The van der Waals surface area contributed by atoms with Crippen molar-refractivity contribution in [2.75, 3.05) is 20.3 Å². The molecule has 134 valence electrons. The molecule has 0 spiro atoms. The molecule has 2 aromatic rings. The predicted molar refractivity (Wildman–Crippen MR) is 95.7 cm³/mol. The third kappa shape index (κ3) is 5.51. The molecule has 1 atom stereocenters. The predicted octanol–water partition coefficient (Wildman–Crippen LogP) is 4.27. The molecule has 0 aliphatic carbocycles. The number of ether oxygens (including phenoxy) is 4. The first kappa shape index (κ1) is 17.8. The van der Waals surface area contributed by atoms with Gasteiger partial charge < -0.3 is 18.9 Å². The van der Waals surface area contributed by atoms with Crippen molar-refractivity contribution in [3.8, 4) is 17.4 Å². The van der Waals surface area contributed by atoms with Crippen LogP contribution in [0.25, 0.3) is 0 Å². The Kier molecular flexibility index (Phi) is 6.36. The zero-order valence-electron chi connectivity index (χ0n) is 14.2. The third-order valence-electron chi connectivity index (χ3n) is 4.00. The molecule has 0 bridgehead atoms. The molecule has 1 aliphatic heterocycles. The Morgan fingerprint density at radius 3 is 2.68 bits per heavy atom. The molecule has 3 rings (SSSR count). The van der Waals surface area contributed by atoms with Gasteiger partial charge in [-0.2, -0.15) is 0 Å². The van der Waals surface area contributed by atoms with Gasteiger partial charge in [-0.3, -0.25) is 0 Å². The fraction of sp³-hybridized carbons (Fsp3) is 0.421. The summed E-state index contributed by atoms with van der Waals surface area (Å²) in [5.74, 6) is 1.89. The molecule has 2 heterocycles.